The fourth-order valence-corrected chi connectivity index (χ4v) is 4.32. The number of hydrogen-bond donors (Lipinski definition) is 3. The number of carbonyl (C=O) groups is 2. The molecule has 2 aromatic heterocycles. The summed E-state index contributed by atoms with van der Waals surface area (Å²) in [5.74, 6) is 0.585. The van der Waals surface area contributed by atoms with Crippen molar-refractivity contribution in [3.05, 3.63) is 82.5 Å². The Labute approximate surface area is 204 Å². The molecule has 0 saturated carbocycles. The van der Waals surface area contributed by atoms with Crippen LogP contribution in [0.5, 0.6) is 11.5 Å². The molecule has 0 aliphatic carbocycles. The minimum Gasteiger partial charge on any atom is -0.489 e. The predicted molar refractivity (Wildman–Crippen MR) is 131 cm³/mol. The van der Waals surface area contributed by atoms with Gasteiger partial charge in [0.25, 0.3) is 5.91 Å². The largest absolute Gasteiger partial charge is 0.489 e. The smallest absolute Gasteiger partial charge is 0.412 e. The van der Waals surface area contributed by atoms with Crippen molar-refractivity contribution in [3.8, 4) is 11.5 Å². The number of amides is 2. The Balaban J connectivity index is 1.43. The van der Waals surface area contributed by atoms with Gasteiger partial charge >= 0.3 is 6.09 Å². The van der Waals surface area contributed by atoms with Crippen LogP contribution in [0.25, 0.3) is 10.1 Å². The van der Waals surface area contributed by atoms with Gasteiger partial charge in [0.2, 0.25) is 0 Å². The summed E-state index contributed by atoms with van der Waals surface area (Å²) >= 11 is 7.51. The molecule has 10 heteroatoms. The van der Waals surface area contributed by atoms with Gasteiger partial charge in [-0.05, 0) is 29.6 Å². The van der Waals surface area contributed by atoms with Crippen molar-refractivity contribution >= 4 is 50.7 Å². The molecule has 4 rings (SSSR count). The summed E-state index contributed by atoms with van der Waals surface area (Å²) in [5, 5.41) is 17.2. The van der Waals surface area contributed by atoms with Crippen LogP contribution in [-0.2, 0) is 6.61 Å². The minimum absolute atomic E-state index is 0.101. The standard InChI is InChI=1S/C24H20ClN3O5S/c25-20-7-2-1-6-18(20)23(30)28-16-4-3-5-17(10-16)32-13-15-14-34-22-19(15)11-26-12-21(22)33-24(31)27-8-9-29/h1-7,10-12,14,29H,8-9,13H2,(H,27,31)(H,28,30). The van der Waals surface area contributed by atoms with Crippen LogP contribution in [0.4, 0.5) is 10.5 Å². The van der Waals surface area contributed by atoms with Crippen molar-refractivity contribution in [2.24, 2.45) is 0 Å². The Hall–Kier alpha value is -3.66. The minimum atomic E-state index is -0.662. The van der Waals surface area contributed by atoms with E-state index in [-0.39, 0.29) is 25.7 Å². The van der Waals surface area contributed by atoms with Crippen molar-refractivity contribution < 1.29 is 24.2 Å². The Morgan fingerprint density at radius 1 is 1.12 bits per heavy atom. The molecule has 2 aromatic carbocycles. The van der Waals surface area contributed by atoms with E-state index in [0.29, 0.717) is 27.8 Å². The molecule has 2 amide bonds. The summed E-state index contributed by atoms with van der Waals surface area (Å²) in [6.45, 7) is 0.177. The van der Waals surface area contributed by atoms with E-state index < -0.39 is 6.09 Å². The number of aliphatic hydroxyl groups is 1. The van der Waals surface area contributed by atoms with Crippen LogP contribution < -0.4 is 20.1 Å². The van der Waals surface area contributed by atoms with E-state index in [2.05, 4.69) is 15.6 Å². The number of rotatable bonds is 8. The number of aliphatic hydroxyl groups excluding tert-OH is 1. The maximum Gasteiger partial charge on any atom is 0.412 e. The highest BCUT2D eigenvalue weighted by Gasteiger charge is 2.14. The molecule has 34 heavy (non-hydrogen) atoms. The monoisotopic (exact) mass is 497 g/mol. The van der Waals surface area contributed by atoms with E-state index in [1.807, 2.05) is 5.38 Å². The molecule has 0 fully saturated rings. The molecule has 0 saturated heterocycles. The van der Waals surface area contributed by atoms with Gasteiger partial charge in [0, 0.05) is 35.4 Å². The third-order valence-electron chi connectivity index (χ3n) is 4.72. The first-order valence-electron chi connectivity index (χ1n) is 10.2. The van der Waals surface area contributed by atoms with Crippen LogP contribution in [-0.4, -0.2) is 35.2 Å². The SMILES string of the molecule is O=C(NCCO)Oc1cncc2c(COc3cccc(NC(=O)c4ccccc4Cl)c3)csc12. The number of halogens is 1. The average molecular weight is 498 g/mol. The maximum atomic E-state index is 12.5. The van der Waals surface area contributed by atoms with Crippen LogP contribution >= 0.6 is 22.9 Å². The van der Waals surface area contributed by atoms with Gasteiger partial charge in [0.15, 0.2) is 5.75 Å². The Bertz CT molecular complexity index is 1330. The highest BCUT2D eigenvalue weighted by molar-refractivity contribution is 7.17. The zero-order chi connectivity index (χ0) is 23.9. The van der Waals surface area contributed by atoms with E-state index in [4.69, 9.17) is 26.2 Å². The number of carbonyl (C=O) groups excluding carboxylic acids is 2. The molecule has 0 aliphatic heterocycles. The number of nitrogens with one attached hydrogen (secondary N) is 2. The predicted octanol–water partition coefficient (Wildman–Crippen LogP) is 4.86. The average Bonchev–Trinajstić information content (AvgIpc) is 3.26. The number of ether oxygens (including phenoxy) is 2. The lowest BCUT2D eigenvalue weighted by atomic mass is 10.2. The lowest BCUT2D eigenvalue weighted by Crippen LogP contribution is -2.29. The molecule has 2 heterocycles. The molecule has 0 aliphatic rings. The highest BCUT2D eigenvalue weighted by Crippen LogP contribution is 2.33. The zero-order valence-electron chi connectivity index (χ0n) is 17.8. The quantitative estimate of drug-likeness (QED) is 0.320. The van der Waals surface area contributed by atoms with Crippen molar-refractivity contribution in [2.75, 3.05) is 18.5 Å². The third-order valence-corrected chi connectivity index (χ3v) is 6.11. The fourth-order valence-electron chi connectivity index (χ4n) is 3.12. The maximum absolute atomic E-state index is 12.5. The topological polar surface area (TPSA) is 110 Å². The van der Waals surface area contributed by atoms with Crippen LogP contribution in [0, 0.1) is 0 Å². The molecule has 0 spiro atoms. The van der Waals surface area contributed by atoms with E-state index in [0.717, 1.165) is 15.6 Å². The number of benzene rings is 2. The van der Waals surface area contributed by atoms with Gasteiger partial charge in [-0.2, -0.15) is 0 Å². The van der Waals surface area contributed by atoms with Crippen molar-refractivity contribution in [3.63, 3.8) is 0 Å². The Kier molecular flexibility index (Phi) is 7.58. The number of fused-ring (bicyclic) bond motifs is 1. The first-order valence-corrected chi connectivity index (χ1v) is 11.5. The van der Waals surface area contributed by atoms with Gasteiger partial charge in [0.1, 0.15) is 12.4 Å². The van der Waals surface area contributed by atoms with Crippen molar-refractivity contribution in [1.82, 2.24) is 10.3 Å². The Morgan fingerprint density at radius 3 is 2.79 bits per heavy atom. The van der Waals surface area contributed by atoms with E-state index >= 15 is 0 Å². The van der Waals surface area contributed by atoms with E-state index in [9.17, 15) is 9.59 Å². The van der Waals surface area contributed by atoms with Gasteiger partial charge < -0.3 is 25.2 Å². The van der Waals surface area contributed by atoms with Gasteiger partial charge in [-0.3, -0.25) is 9.78 Å². The number of anilines is 1. The van der Waals surface area contributed by atoms with Gasteiger partial charge in [-0.1, -0.05) is 29.8 Å². The molecular weight excluding hydrogens is 478 g/mol. The first kappa shape index (κ1) is 23.5. The molecule has 4 aromatic rings. The number of aromatic nitrogens is 1. The summed E-state index contributed by atoms with van der Waals surface area (Å²) in [7, 11) is 0. The highest BCUT2D eigenvalue weighted by atomic mass is 35.5. The van der Waals surface area contributed by atoms with Gasteiger partial charge in [-0.15, -0.1) is 11.3 Å². The first-order chi connectivity index (χ1) is 16.5. The normalized spacial score (nSPS) is 10.6. The number of pyridine rings is 1. The van der Waals surface area contributed by atoms with E-state index in [1.54, 1.807) is 54.7 Å². The molecule has 0 unspecified atom stereocenters. The fraction of sp³-hybridized carbons (Fsp3) is 0.125. The second-order valence-electron chi connectivity index (χ2n) is 7.07. The number of thiophene rings is 1. The molecule has 0 bridgehead atoms. The lowest BCUT2D eigenvalue weighted by molar-refractivity contribution is 0.102. The molecular formula is C24H20ClN3O5S. The summed E-state index contributed by atoms with van der Waals surface area (Å²) in [4.78, 5) is 28.5. The van der Waals surface area contributed by atoms with Crippen LogP contribution in [0.2, 0.25) is 5.02 Å². The van der Waals surface area contributed by atoms with Crippen LogP contribution in [0.3, 0.4) is 0 Å². The molecule has 8 nitrogen and oxygen atoms in total. The summed E-state index contributed by atoms with van der Waals surface area (Å²) in [6, 6.07) is 13.9. The lowest BCUT2D eigenvalue weighted by Gasteiger charge is -2.10. The van der Waals surface area contributed by atoms with E-state index in [1.165, 1.54) is 17.5 Å². The van der Waals surface area contributed by atoms with Crippen LogP contribution in [0.15, 0.2) is 66.3 Å². The number of nitrogens with zero attached hydrogens (tertiary/aromatic N) is 1. The number of hydrogen-bond acceptors (Lipinski definition) is 7. The Morgan fingerprint density at radius 2 is 1.97 bits per heavy atom. The molecule has 0 radical (unpaired) electrons. The molecule has 174 valence electrons. The summed E-state index contributed by atoms with van der Waals surface area (Å²) < 4.78 is 12.0. The van der Waals surface area contributed by atoms with Crippen molar-refractivity contribution in [1.29, 1.82) is 0 Å². The second-order valence-corrected chi connectivity index (χ2v) is 8.35. The summed E-state index contributed by atoms with van der Waals surface area (Å²) in [5.41, 5.74) is 1.83. The second kappa shape index (κ2) is 11.0. The molecule has 0 atom stereocenters. The van der Waals surface area contributed by atoms with Crippen molar-refractivity contribution in [2.45, 2.75) is 6.61 Å². The third kappa shape index (κ3) is 5.63. The summed E-state index contributed by atoms with van der Waals surface area (Å²) in [6.07, 6.45) is 2.49. The van der Waals surface area contributed by atoms with Crippen LogP contribution in [0.1, 0.15) is 15.9 Å². The van der Waals surface area contributed by atoms with Gasteiger partial charge in [-0.25, -0.2) is 4.79 Å². The molecule has 3 N–H and O–H groups in total. The van der Waals surface area contributed by atoms with Gasteiger partial charge in [0.05, 0.1) is 28.1 Å². The zero-order valence-corrected chi connectivity index (χ0v) is 19.4.